The van der Waals surface area contributed by atoms with Crippen LogP contribution in [0.2, 0.25) is 5.02 Å². The highest BCUT2D eigenvalue weighted by atomic mass is 35.5. The molecule has 1 unspecified atom stereocenters. The van der Waals surface area contributed by atoms with Crippen LogP contribution in [0.3, 0.4) is 0 Å². The summed E-state index contributed by atoms with van der Waals surface area (Å²) in [7, 11) is 0. The third-order valence-corrected chi connectivity index (χ3v) is 5.78. The standard InChI is InChI=1S/C23H18ClFN2O4S/c1-13(21(28)26-15-9-10-19(24)18(12-15)23(30)31)32-16-6-4-5-14(11-16)27-22(29)17-7-2-3-8-20(17)25/h2-13H,1H3,(H,26,28)(H,27,29)(H,30,31). The van der Waals surface area contributed by atoms with Crippen LogP contribution in [0.5, 0.6) is 0 Å². The van der Waals surface area contributed by atoms with E-state index in [2.05, 4.69) is 10.6 Å². The number of hydrogen-bond donors (Lipinski definition) is 3. The number of carboxylic acid groups (broad SMARTS) is 1. The Morgan fingerprint density at radius 1 is 0.938 bits per heavy atom. The molecule has 0 aliphatic rings. The van der Waals surface area contributed by atoms with Crippen molar-refractivity contribution in [3.63, 3.8) is 0 Å². The molecule has 0 heterocycles. The summed E-state index contributed by atoms with van der Waals surface area (Å²) in [5.41, 5.74) is 0.597. The van der Waals surface area contributed by atoms with Gasteiger partial charge in [-0.1, -0.05) is 29.8 Å². The SMILES string of the molecule is CC(Sc1cccc(NC(=O)c2ccccc2F)c1)C(=O)Nc1ccc(Cl)c(C(=O)O)c1. The summed E-state index contributed by atoms with van der Waals surface area (Å²) < 4.78 is 13.8. The predicted octanol–water partition coefficient (Wildman–Crippen LogP) is 5.55. The van der Waals surface area contributed by atoms with Crippen LogP contribution in [0.4, 0.5) is 15.8 Å². The van der Waals surface area contributed by atoms with Crippen molar-refractivity contribution in [2.75, 3.05) is 10.6 Å². The zero-order valence-electron chi connectivity index (χ0n) is 16.8. The number of aromatic carboxylic acids is 1. The molecule has 3 N–H and O–H groups in total. The highest BCUT2D eigenvalue weighted by Crippen LogP contribution is 2.28. The van der Waals surface area contributed by atoms with Gasteiger partial charge in [0.15, 0.2) is 0 Å². The van der Waals surface area contributed by atoms with E-state index in [9.17, 15) is 18.8 Å². The van der Waals surface area contributed by atoms with E-state index in [4.69, 9.17) is 16.7 Å². The minimum atomic E-state index is -1.19. The molecule has 6 nitrogen and oxygen atoms in total. The predicted molar refractivity (Wildman–Crippen MR) is 123 cm³/mol. The number of amides is 2. The number of nitrogens with one attached hydrogen (secondary N) is 2. The molecular weight excluding hydrogens is 455 g/mol. The fraction of sp³-hybridized carbons (Fsp3) is 0.0870. The molecule has 0 aliphatic heterocycles. The van der Waals surface area contributed by atoms with Gasteiger partial charge in [-0.25, -0.2) is 9.18 Å². The molecular formula is C23H18ClFN2O4S. The second-order valence-electron chi connectivity index (χ2n) is 6.71. The fourth-order valence-electron chi connectivity index (χ4n) is 2.76. The van der Waals surface area contributed by atoms with Crippen LogP contribution >= 0.6 is 23.4 Å². The van der Waals surface area contributed by atoms with Crippen molar-refractivity contribution in [1.29, 1.82) is 0 Å². The molecule has 3 aromatic carbocycles. The van der Waals surface area contributed by atoms with Crippen molar-refractivity contribution in [3.8, 4) is 0 Å². The molecule has 0 saturated carbocycles. The Bertz CT molecular complexity index is 1190. The minimum Gasteiger partial charge on any atom is -0.478 e. The summed E-state index contributed by atoms with van der Waals surface area (Å²) in [5, 5.41) is 14.0. The lowest BCUT2D eigenvalue weighted by atomic mass is 10.2. The Labute approximate surface area is 192 Å². The van der Waals surface area contributed by atoms with Gasteiger partial charge in [-0.15, -0.1) is 11.8 Å². The van der Waals surface area contributed by atoms with Crippen molar-refractivity contribution < 1.29 is 23.9 Å². The third kappa shape index (κ3) is 5.87. The second kappa shape index (κ2) is 10.3. The van der Waals surface area contributed by atoms with E-state index in [1.54, 1.807) is 37.3 Å². The zero-order valence-corrected chi connectivity index (χ0v) is 18.3. The average Bonchev–Trinajstić information content (AvgIpc) is 2.75. The van der Waals surface area contributed by atoms with Crippen LogP contribution < -0.4 is 10.6 Å². The van der Waals surface area contributed by atoms with Gasteiger partial charge in [-0.2, -0.15) is 0 Å². The number of benzene rings is 3. The summed E-state index contributed by atoms with van der Waals surface area (Å²) in [6.45, 7) is 1.69. The van der Waals surface area contributed by atoms with Crippen LogP contribution in [0.1, 0.15) is 27.6 Å². The van der Waals surface area contributed by atoms with Gasteiger partial charge in [0.1, 0.15) is 5.82 Å². The summed E-state index contributed by atoms with van der Waals surface area (Å²) in [6, 6.07) is 16.7. The molecule has 0 fully saturated rings. The van der Waals surface area contributed by atoms with Gasteiger partial charge in [-0.05, 0) is 55.5 Å². The maximum Gasteiger partial charge on any atom is 0.337 e. The highest BCUT2D eigenvalue weighted by Gasteiger charge is 2.17. The van der Waals surface area contributed by atoms with E-state index in [-0.39, 0.29) is 22.1 Å². The Balaban J connectivity index is 1.65. The first-order valence-electron chi connectivity index (χ1n) is 9.41. The Kier molecular flexibility index (Phi) is 7.50. The smallest absolute Gasteiger partial charge is 0.337 e. The molecule has 0 bridgehead atoms. The molecule has 9 heteroatoms. The van der Waals surface area contributed by atoms with Crippen molar-refractivity contribution in [1.82, 2.24) is 0 Å². The van der Waals surface area contributed by atoms with Gasteiger partial charge in [0.05, 0.1) is 21.4 Å². The van der Waals surface area contributed by atoms with Crippen molar-refractivity contribution in [2.24, 2.45) is 0 Å². The number of anilines is 2. The van der Waals surface area contributed by atoms with Crippen molar-refractivity contribution >= 4 is 52.5 Å². The molecule has 2 amide bonds. The highest BCUT2D eigenvalue weighted by molar-refractivity contribution is 8.00. The average molecular weight is 473 g/mol. The normalized spacial score (nSPS) is 11.5. The summed E-state index contributed by atoms with van der Waals surface area (Å²) in [5.74, 6) is -2.72. The number of halogens is 2. The fourth-order valence-corrected chi connectivity index (χ4v) is 3.88. The number of carbonyl (C=O) groups is 3. The molecule has 0 saturated heterocycles. The topological polar surface area (TPSA) is 95.5 Å². The molecule has 0 aliphatic carbocycles. The van der Waals surface area contributed by atoms with Crippen molar-refractivity contribution in [3.05, 3.63) is 88.7 Å². The van der Waals surface area contributed by atoms with Gasteiger partial charge in [-0.3, -0.25) is 9.59 Å². The molecule has 0 spiro atoms. The number of carbonyl (C=O) groups excluding carboxylic acids is 2. The largest absolute Gasteiger partial charge is 0.478 e. The molecule has 1 atom stereocenters. The van der Waals surface area contributed by atoms with E-state index in [0.717, 1.165) is 0 Å². The Morgan fingerprint density at radius 3 is 2.38 bits per heavy atom. The minimum absolute atomic E-state index is 0.0676. The lowest BCUT2D eigenvalue weighted by Crippen LogP contribution is -2.22. The maximum absolute atomic E-state index is 13.8. The number of rotatable bonds is 7. The molecule has 0 radical (unpaired) electrons. The third-order valence-electron chi connectivity index (χ3n) is 4.36. The lowest BCUT2D eigenvalue weighted by Gasteiger charge is -2.14. The quantitative estimate of drug-likeness (QED) is 0.392. The van der Waals surface area contributed by atoms with E-state index in [1.807, 2.05) is 0 Å². The van der Waals surface area contributed by atoms with Gasteiger partial charge >= 0.3 is 5.97 Å². The van der Waals surface area contributed by atoms with Crippen LogP contribution in [-0.2, 0) is 4.79 Å². The molecule has 3 aromatic rings. The Morgan fingerprint density at radius 2 is 1.66 bits per heavy atom. The molecule has 0 aromatic heterocycles. The van der Waals surface area contributed by atoms with Crippen LogP contribution in [0, 0.1) is 5.82 Å². The van der Waals surface area contributed by atoms with Gasteiger partial charge in [0.25, 0.3) is 5.91 Å². The first kappa shape index (κ1) is 23.3. The Hall–Kier alpha value is -3.36. The summed E-state index contributed by atoms with van der Waals surface area (Å²) >= 11 is 7.09. The summed E-state index contributed by atoms with van der Waals surface area (Å²) in [4.78, 5) is 36.8. The van der Waals surface area contributed by atoms with Crippen LogP contribution in [0.25, 0.3) is 0 Å². The van der Waals surface area contributed by atoms with E-state index < -0.39 is 22.9 Å². The molecule has 3 rings (SSSR count). The molecule has 32 heavy (non-hydrogen) atoms. The van der Waals surface area contributed by atoms with E-state index in [1.165, 1.54) is 48.2 Å². The van der Waals surface area contributed by atoms with Crippen LogP contribution in [-0.4, -0.2) is 28.1 Å². The first-order chi connectivity index (χ1) is 15.2. The van der Waals surface area contributed by atoms with E-state index in [0.29, 0.717) is 16.3 Å². The monoisotopic (exact) mass is 472 g/mol. The maximum atomic E-state index is 13.8. The van der Waals surface area contributed by atoms with Crippen molar-refractivity contribution in [2.45, 2.75) is 17.1 Å². The van der Waals surface area contributed by atoms with E-state index >= 15 is 0 Å². The van der Waals surface area contributed by atoms with Crippen LogP contribution in [0.15, 0.2) is 71.6 Å². The zero-order chi connectivity index (χ0) is 23.3. The number of carboxylic acids is 1. The second-order valence-corrected chi connectivity index (χ2v) is 8.53. The van der Waals surface area contributed by atoms with Gasteiger partial charge in [0.2, 0.25) is 5.91 Å². The number of hydrogen-bond acceptors (Lipinski definition) is 4. The first-order valence-corrected chi connectivity index (χ1v) is 10.7. The van der Waals surface area contributed by atoms with Gasteiger partial charge < -0.3 is 15.7 Å². The molecule has 164 valence electrons. The lowest BCUT2D eigenvalue weighted by molar-refractivity contribution is -0.115. The summed E-state index contributed by atoms with van der Waals surface area (Å²) in [6.07, 6.45) is 0. The van der Waals surface area contributed by atoms with Gasteiger partial charge in [0, 0.05) is 16.3 Å². The number of thioether (sulfide) groups is 1.